The highest BCUT2D eigenvalue weighted by molar-refractivity contribution is 6.03. The monoisotopic (exact) mass is 314 g/mol. The van der Waals surface area contributed by atoms with E-state index in [4.69, 9.17) is 4.74 Å². The van der Waals surface area contributed by atoms with Crippen LogP contribution >= 0.6 is 0 Å². The highest BCUT2D eigenvalue weighted by Crippen LogP contribution is 2.27. The van der Waals surface area contributed by atoms with Crippen LogP contribution in [0.15, 0.2) is 36.7 Å². The van der Waals surface area contributed by atoms with Crippen molar-refractivity contribution in [3.05, 3.63) is 36.7 Å². The fourth-order valence-corrected chi connectivity index (χ4v) is 2.59. The number of aromatic amines is 1. The van der Waals surface area contributed by atoms with E-state index in [0.29, 0.717) is 18.8 Å². The SMILES string of the molecule is CCOc1ccc(N2CC(C(=O)Nc3cn[nH]c3)CC2=O)cc1. The Morgan fingerprint density at radius 1 is 1.43 bits per heavy atom. The Bertz CT molecular complexity index is 682. The molecule has 3 rings (SSSR count). The lowest BCUT2D eigenvalue weighted by Crippen LogP contribution is -2.28. The molecule has 2 amide bonds. The molecule has 1 aliphatic heterocycles. The summed E-state index contributed by atoms with van der Waals surface area (Å²) in [6, 6.07) is 7.31. The molecule has 7 nitrogen and oxygen atoms in total. The Morgan fingerprint density at radius 3 is 2.87 bits per heavy atom. The Labute approximate surface area is 133 Å². The van der Waals surface area contributed by atoms with Gasteiger partial charge in [-0.3, -0.25) is 14.7 Å². The molecule has 1 fully saturated rings. The standard InChI is InChI=1S/C16H18N4O3/c1-2-23-14-5-3-13(4-6-14)20-10-11(7-15(20)21)16(22)19-12-8-17-18-9-12/h3-6,8-9,11H,2,7,10H2,1H3,(H,17,18)(H,19,22). The molecule has 1 saturated heterocycles. The number of ether oxygens (including phenoxy) is 1. The molecule has 1 aromatic carbocycles. The molecule has 0 saturated carbocycles. The first-order valence-corrected chi connectivity index (χ1v) is 7.50. The Kier molecular flexibility index (Phi) is 4.27. The largest absolute Gasteiger partial charge is 0.494 e. The summed E-state index contributed by atoms with van der Waals surface area (Å²) in [6.45, 7) is 2.88. The third kappa shape index (κ3) is 3.33. The predicted octanol–water partition coefficient (Wildman–Crippen LogP) is 1.80. The van der Waals surface area contributed by atoms with Crippen molar-refractivity contribution in [1.29, 1.82) is 0 Å². The average molecular weight is 314 g/mol. The summed E-state index contributed by atoms with van der Waals surface area (Å²) in [5, 5.41) is 9.16. The molecule has 1 aliphatic rings. The molecule has 0 bridgehead atoms. The Balaban J connectivity index is 1.66. The van der Waals surface area contributed by atoms with Crippen molar-refractivity contribution in [3.63, 3.8) is 0 Å². The fraction of sp³-hybridized carbons (Fsp3) is 0.312. The van der Waals surface area contributed by atoms with Crippen LogP contribution in [0.3, 0.4) is 0 Å². The normalized spacial score (nSPS) is 17.3. The lowest BCUT2D eigenvalue weighted by Gasteiger charge is -2.17. The van der Waals surface area contributed by atoms with E-state index >= 15 is 0 Å². The number of amides is 2. The lowest BCUT2D eigenvalue weighted by atomic mass is 10.1. The van der Waals surface area contributed by atoms with Gasteiger partial charge < -0.3 is 15.0 Å². The average Bonchev–Trinajstić information content (AvgIpc) is 3.18. The molecule has 1 atom stereocenters. The predicted molar refractivity (Wildman–Crippen MR) is 85.3 cm³/mol. The summed E-state index contributed by atoms with van der Waals surface area (Å²) in [6.07, 6.45) is 3.33. The van der Waals surface area contributed by atoms with Gasteiger partial charge in [-0.2, -0.15) is 5.10 Å². The van der Waals surface area contributed by atoms with Gasteiger partial charge in [-0.1, -0.05) is 0 Å². The molecule has 1 aromatic heterocycles. The van der Waals surface area contributed by atoms with Gasteiger partial charge in [0.1, 0.15) is 5.75 Å². The minimum Gasteiger partial charge on any atom is -0.494 e. The summed E-state index contributed by atoms with van der Waals surface area (Å²) < 4.78 is 5.39. The van der Waals surface area contributed by atoms with E-state index in [-0.39, 0.29) is 24.2 Å². The van der Waals surface area contributed by atoms with Crippen LogP contribution in [0.25, 0.3) is 0 Å². The minimum absolute atomic E-state index is 0.0542. The maximum atomic E-state index is 12.2. The first-order valence-electron chi connectivity index (χ1n) is 7.50. The molecular formula is C16H18N4O3. The molecule has 2 aromatic rings. The van der Waals surface area contributed by atoms with Gasteiger partial charge in [0.05, 0.1) is 24.4 Å². The maximum Gasteiger partial charge on any atom is 0.229 e. The van der Waals surface area contributed by atoms with Crippen molar-refractivity contribution >= 4 is 23.2 Å². The van der Waals surface area contributed by atoms with E-state index in [1.165, 1.54) is 6.20 Å². The number of nitrogens with one attached hydrogen (secondary N) is 2. The van der Waals surface area contributed by atoms with Crippen molar-refractivity contribution < 1.29 is 14.3 Å². The van der Waals surface area contributed by atoms with Crippen molar-refractivity contribution in [3.8, 4) is 5.75 Å². The third-order valence-electron chi connectivity index (χ3n) is 3.72. The van der Waals surface area contributed by atoms with Crippen LogP contribution in [0, 0.1) is 5.92 Å². The minimum atomic E-state index is -0.371. The molecule has 23 heavy (non-hydrogen) atoms. The quantitative estimate of drug-likeness (QED) is 0.881. The second-order valence-electron chi connectivity index (χ2n) is 5.31. The number of nitrogens with zero attached hydrogens (tertiary/aromatic N) is 2. The van der Waals surface area contributed by atoms with E-state index in [1.807, 2.05) is 31.2 Å². The molecule has 2 N–H and O–H groups in total. The number of rotatable bonds is 5. The van der Waals surface area contributed by atoms with Crippen LogP contribution < -0.4 is 15.0 Å². The van der Waals surface area contributed by atoms with E-state index in [1.54, 1.807) is 11.1 Å². The Morgan fingerprint density at radius 2 is 2.22 bits per heavy atom. The Hall–Kier alpha value is -2.83. The maximum absolute atomic E-state index is 12.2. The first kappa shape index (κ1) is 15.1. The molecule has 2 heterocycles. The van der Waals surface area contributed by atoms with Crippen molar-refractivity contribution in [2.45, 2.75) is 13.3 Å². The zero-order valence-electron chi connectivity index (χ0n) is 12.8. The van der Waals surface area contributed by atoms with Gasteiger partial charge >= 0.3 is 0 Å². The molecule has 120 valence electrons. The topological polar surface area (TPSA) is 87.3 Å². The van der Waals surface area contributed by atoms with E-state index < -0.39 is 0 Å². The zero-order valence-corrected chi connectivity index (χ0v) is 12.8. The molecule has 0 radical (unpaired) electrons. The highest BCUT2D eigenvalue weighted by Gasteiger charge is 2.35. The highest BCUT2D eigenvalue weighted by atomic mass is 16.5. The summed E-state index contributed by atoms with van der Waals surface area (Å²) in [5.74, 6) is 0.163. The molecule has 0 spiro atoms. The van der Waals surface area contributed by atoms with Gasteiger partial charge in [0.15, 0.2) is 0 Å². The lowest BCUT2D eigenvalue weighted by molar-refractivity contribution is -0.122. The smallest absolute Gasteiger partial charge is 0.229 e. The van der Waals surface area contributed by atoms with Crippen LogP contribution in [0.5, 0.6) is 5.75 Å². The number of benzene rings is 1. The van der Waals surface area contributed by atoms with E-state index in [0.717, 1.165) is 11.4 Å². The molecular weight excluding hydrogens is 296 g/mol. The number of aromatic nitrogens is 2. The van der Waals surface area contributed by atoms with Gasteiger partial charge in [-0.05, 0) is 31.2 Å². The molecule has 7 heteroatoms. The zero-order chi connectivity index (χ0) is 16.2. The second-order valence-corrected chi connectivity index (χ2v) is 5.31. The second kappa shape index (κ2) is 6.51. The van der Waals surface area contributed by atoms with Gasteiger partial charge in [0.25, 0.3) is 0 Å². The summed E-state index contributed by atoms with van der Waals surface area (Å²) in [7, 11) is 0. The van der Waals surface area contributed by atoms with Gasteiger partial charge in [-0.15, -0.1) is 0 Å². The number of anilines is 2. The van der Waals surface area contributed by atoms with Crippen molar-refractivity contribution in [1.82, 2.24) is 10.2 Å². The van der Waals surface area contributed by atoms with Gasteiger partial charge in [0, 0.05) is 24.8 Å². The third-order valence-corrected chi connectivity index (χ3v) is 3.72. The number of carbonyl (C=O) groups excluding carboxylic acids is 2. The van der Waals surface area contributed by atoms with Crippen LogP contribution in [-0.4, -0.2) is 35.2 Å². The van der Waals surface area contributed by atoms with Crippen molar-refractivity contribution in [2.24, 2.45) is 5.92 Å². The summed E-state index contributed by atoms with van der Waals surface area (Å²) in [4.78, 5) is 26.1. The fourth-order valence-electron chi connectivity index (χ4n) is 2.59. The summed E-state index contributed by atoms with van der Waals surface area (Å²) >= 11 is 0. The number of hydrogen-bond donors (Lipinski definition) is 2. The van der Waals surface area contributed by atoms with Crippen molar-refractivity contribution in [2.75, 3.05) is 23.4 Å². The van der Waals surface area contributed by atoms with E-state index in [2.05, 4.69) is 15.5 Å². The van der Waals surface area contributed by atoms with Crippen LogP contribution in [0.1, 0.15) is 13.3 Å². The van der Waals surface area contributed by atoms with Gasteiger partial charge in [-0.25, -0.2) is 0 Å². The number of H-pyrrole nitrogens is 1. The van der Waals surface area contributed by atoms with E-state index in [9.17, 15) is 9.59 Å². The van der Waals surface area contributed by atoms with Crippen LogP contribution in [0.4, 0.5) is 11.4 Å². The van der Waals surface area contributed by atoms with Crippen LogP contribution in [0.2, 0.25) is 0 Å². The van der Waals surface area contributed by atoms with Crippen LogP contribution in [-0.2, 0) is 9.59 Å². The number of hydrogen-bond acceptors (Lipinski definition) is 4. The van der Waals surface area contributed by atoms with Gasteiger partial charge in [0.2, 0.25) is 11.8 Å². The first-order chi connectivity index (χ1) is 11.2. The molecule has 1 unspecified atom stereocenters. The number of carbonyl (C=O) groups is 2. The molecule has 0 aliphatic carbocycles. The summed E-state index contributed by atoms with van der Waals surface area (Å²) in [5.41, 5.74) is 1.37.